The van der Waals surface area contributed by atoms with Crippen LogP contribution in [0.5, 0.6) is 0 Å². The molecule has 4 nitrogen and oxygen atoms in total. The minimum Gasteiger partial charge on any atom is -0.276 e. The monoisotopic (exact) mass is 396 g/mol. The molecule has 0 spiro atoms. The third-order valence-electron chi connectivity index (χ3n) is 3.24. The largest absolute Gasteiger partial charge is 0.276 e. The van der Waals surface area contributed by atoms with Crippen molar-refractivity contribution in [2.75, 3.05) is 7.05 Å². The lowest BCUT2D eigenvalue weighted by molar-refractivity contribution is 0.494. The zero-order valence-electron chi connectivity index (χ0n) is 14.5. The van der Waals surface area contributed by atoms with E-state index in [4.69, 9.17) is 0 Å². The van der Waals surface area contributed by atoms with Crippen LogP contribution < -0.4 is 0 Å². The second-order valence-electron chi connectivity index (χ2n) is 5.29. The summed E-state index contributed by atoms with van der Waals surface area (Å²) in [5.74, 6) is 0.799. The first kappa shape index (κ1) is 23.5. The Morgan fingerprint density at radius 2 is 2.00 bits per heavy atom. The van der Waals surface area contributed by atoms with Crippen molar-refractivity contribution < 1.29 is 7.77 Å². The normalized spacial score (nSPS) is 11.5. The van der Waals surface area contributed by atoms with E-state index < -0.39 is 0 Å². The summed E-state index contributed by atoms with van der Waals surface area (Å²) in [5, 5.41) is 4.18. The van der Waals surface area contributed by atoms with E-state index in [0.717, 1.165) is 26.6 Å². The van der Waals surface area contributed by atoms with Gasteiger partial charge in [0.1, 0.15) is 24.7 Å². The third-order valence-corrected chi connectivity index (χ3v) is 4.20. The van der Waals surface area contributed by atoms with Crippen LogP contribution in [0.1, 0.15) is 38.8 Å². The summed E-state index contributed by atoms with van der Waals surface area (Å²) in [4.78, 5) is 5.22. The van der Waals surface area contributed by atoms with Gasteiger partial charge < -0.3 is 0 Å². The van der Waals surface area contributed by atoms with E-state index >= 15 is 0 Å². The summed E-state index contributed by atoms with van der Waals surface area (Å²) in [6.07, 6.45) is 10.1. The lowest BCUT2D eigenvalue weighted by Crippen LogP contribution is -1.95. The average Bonchev–Trinajstić information content (AvgIpc) is 2.67. The molecule has 1 heterocycles. The molecular weight excluding hydrogens is 370 g/mol. The molecule has 0 N–H and O–H groups in total. The SMILES string of the molecule is CCC(C)CCCc1ccn(C)ncc(S)cn1.CN(SF)SF. The highest BCUT2D eigenvalue weighted by molar-refractivity contribution is 8.07. The Morgan fingerprint density at radius 1 is 1.33 bits per heavy atom. The van der Waals surface area contributed by atoms with Crippen molar-refractivity contribution in [1.29, 1.82) is 0 Å². The molecule has 0 aliphatic rings. The number of aromatic nitrogens is 3. The molecule has 0 aliphatic heterocycles. The maximum Gasteiger partial charge on any atom is 0.147 e. The van der Waals surface area contributed by atoms with E-state index in [1.807, 2.05) is 19.3 Å². The molecule has 9 heteroatoms. The molecule has 0 fully saturated rings. The summed E-state index contributed by atoms with van der Waals surface area (Å²) >= 11 is 3.99. The highest BCUT2D eigenvalue weighted by Crippen LogP contribution is 2.18. The van der Waals surface area contributed by atoms with Crippen LogP contribution in [0.25, 0.3) is 0 Å². The Labute approximate surface area is 158 Å². The van der Waals surface area contributed by atoms with E-state index in [2.05, 4.69) is 36.6 Å². The van der Waals surface area contributed by atoms with E-state index in [0.29, 0.717) is 0 Å². The van der Waals surface area contributed by atoms with Crippen LogP contribution in [0, 0.1) is 5.92 Å². The standard InChI is InChI=1S/C14H23N3S.CH3F2NS2/c1-4-12(2)6-5-7-13-8-9-17(3)16-11-14(18)10-15-13;1-4(5-2)6-3/h8-12,18H,4-7H2,1-3H3;1H3. The molecule has 0 saturated carbocycles. The molecule has 0 saturated heterocycles. The van der Waals surface area contributed by atoms with Gasteiger partial charge in [-0.3, -0.25) is 9.67 Å². The number of hydrogen-bond donors (Lipinski definition) is 1. The van der Waals surface area contributed by atoms with Crippen LogP contribution in [-0.4, -0.2) is 25.5 Å². The van der Waals surface area contributed by atoms with Gasteiger partial charge in [0.2, 0.25) is 0 Å². The number of hydrogen-bond acceptors (Lipinski definition) is 6. The van der Waals surface area contributed by atoms with E-state index in [1.54, 1.807) is 17.1 Å². The van der Waals surface area contributed by atoms with Crippen molar-refractivity contribution in [1.82, 2.24) is 18.5 Å². The minimum atomic E-state index is -0.154. The first-order valence-corrected chi connectivity index (χ1v) is 9.44. The van der Waals surface area contributed by atoms with Gasteiger partial charge in [-0.1, -0.05) is 26.7 Å². The van der Waals surface area contributed by atoms with Crippen molar-refractivity contribution >= 4 is 37.3 Å². The van der Waals surface area contributed by atoms with Gasteiger partial charge in [-0.15, -0.1) is 24.1 Å². The number of halogens is 2. The first-order valence-electron chi connectivity index (χ1n) is 7.64. The smallest absolute Gasteiger partial charge is 0.147 e. The fourth-order valence-electron chi connectivity index (χ4n) is 1.60. The second-order valence-corrected chi connectivity index (χ2v) is 7.41. The van der Waals surface area contributed by atoms with Gasteiger partial charge in [-0.25, -0.2) is 0 Å². The Hall–Kier alpha value is -0.510. The molecule has 0 radical (unpaired) electrons. The molecule has 0 bridgehead atoms. The Kier molecular flexibility index (Phi) is 14.5. The summed E-state index contributed by atoms with van der Waals surface area (Å²) in [6, 6.07) is 2.02. The molecule has 1 unspecified atom stereocenters. The molecular formula is C15H26F2N4S3. The summed E-state index contributed by atoms with van der Waals surface area (Å²) < 4.78 is 24.5. The molecule has 0 amide bonds. The third kappa shape index (κ3) is 12.9. The molecule has 1 aromatic rings. The molecule has 138 valence electrons. The summed E-state index contributed by atoms with van der Waals surface area (Å²) in [7, 11) is 3.19. The predicted molar refractivity (Wildman–Crippen MR) is 103 cm³/mol. The molecule has 1 aromatic heterocycles. The molecule has 1 atom stereocenters. The Bertz CT molecular complexity index is 468. The van der Waals surface area contributed by atoms with Crippen LogP contribution in [-0.2, 0) is 13.5 Å². The van der Waals surface area contributed by atoms with E-state index in [1.165, 1.54) is 26.3 Å². The lowest BCUT2D eigenvalue weighted by Gasteiger charge is -2.06. The molecule has 1 rings (SSSR count). The van der Waals surface area contributed by atoms with Crippen molar-refractivity contribution in [2.24, 2.45) is 13.0 Å². The number of rotatable bonds is 7. The van der Waals surface area contributed by atoms with E-state index in [9.17, 15) is 7.77 Å². The quantitative estimate of drug-likeness (QED) is 0.481. The molecule has 24 heavy (non-hydrogen) atoms. The predicted octanol–water partition coefficient (Wildman–Crippen LogP) is 5.58. The van der Waals surface area contributed by atoms with Crippen LogP contribution >= 0.6 is 37.3 Å². The van der Waals surface area contributed by atoms with Gasteiger partial charge in [0.15, 0.2) is 0 Å². The van der Waals surface area contributed by atoms with Gasteiger partial charge in [-0.2, -0.15) is 5.10 Å². The fourth-order valence-corrected chi connectivity index (χ4v) is 1.80. The van der Waals surface area contributed by atoms with Crippen LogP contribution in [0.2, 0.25) is 0 Å². The average molecular weight is 397 g/mol. The van der Waals surface area contributed by atoms with Gasteiger partial charge in [0, 0.05) is 37.1 Å². The van der Waals surface area contributed by atoms with Gasteiger partial charge >= 0.3 is 0 Å². The number of aryl methyl sites for hydroxylation is 2. The Balaban J connectivity index is 0.000000754. The van der Waals surface area contributed by atoms with Crippen LogP contribution in [0.4, 0.5) is 7.77 Å². The van der Waals surface area contributed by atoms with E-state index in [-0.39, 0.29) is 24.7 Å². The van der Waals surface area contributed by atoms with Crippen molar-refractivity contribution in [3.05, 3.63) is 30.4 Å². The van der Waals surface area contributed by atoms with Crippen molar-refractivity contribution in [3.8, 4) is 0 Å². The number of thiol groups is 1. The highest BCUT2D eigenvalue weighted by Gasteiger charge is 1.99. The molecule has 0 aliphatic carbocycles. The minimum absolute atomic E-state index is 0.154. The van der Waals surface area contributed by atoms with Crippen LogP contribution in [0.3, 0.4) is 0 Å². The van der Waals surface area contributed by atoms with Crippen molar-refractivity contribution in [3.63, 3.8) is 0 Å². The second kappa shape index (κ2) is 14.8. The number of nitrogens with zero attached hydrogens (tertiary/aromatic N) is 4. The zero-order valence-corrected chi connectivity index (χ0v) is 17.1. The van der Waals surface area contributed by atoms with Crippen molar-refractivity contribution in [2.45, 2.75) is 44.4 Å². The Morgan fingerprint density at radius 3 is 2.54 bits per heavy atom. The highest BCUT2D eigenvalue weighted by atomic mass is 32.3. The first-order chi connectivity index (χ1) is 11.4. The zero-order chi connectivity index (χ0) is 18.4. The fraction of sp³-hybridized carbons (Fsp3) is 0.600. The van der Waals surface area contributed by atoms with Gasteiger partial charge in [0.25, 0.3) is 0 Å². The van der Waals surface area contributed by atoms with Gasteiger partial charge in [-0.05, 0) is 24.8 Å². The van der Waals surface area contributed by atoms with Gasteiger partial charge in [0.05, 0.1) is 6.20 Å². The molecule has 0 aromatic carbocycles. The summed E-state index contributed by atoms with van der Waals surface area (Å²) in [5.41, 5.74) is 1.09. The summed E-state index contributed by atoms with van der Waals surface area (Å²) in [6.45, 7) is 4.54. The maximum absolute atomic E-state index is 11.0. The van der Waals surface area contributed by atoms with Crippen LogP contribution in [0.15, 0.2) is 29.6 Å². The topological polar surface area (TPSA) is 34.0 Å². The lowest BCUT2D eigenvalue weighted by atomic mass is 10.0. The maximum atomic E-state index is 11.0.